The van der Waals surface area contributed by atoms with E-state index in [9.17, 15) is 4.79 Å². The number of thioether (sulfide) groups is 1. The Morgan fingerprint density at radius 3 is 2.11 bits per heavy atom. The molecule has 1 aromatic heterocycles. The lowest BCUT2D eigenvalue weighted by molar-refractivity contribution is -0.129. The van der Waals surface area contributed by atoms with Crippen LogP contribution in [0, 0.1) is 11.8 Å². The molecule has 1 aromatic carbocycles. The largest absolute Gasteiger partial charge is 0.497 e. The van der Waals surface area contributed by atoms with Crippen molar-refractivity contribution < 1.29 is 18.7 Å². The second-order valence-corrected chi connectivity index (χ2v) is 8.28. The number of carbonyl (C=O) groups is 1. The maximum absolute atomic E-state index is 12.6. The molecule has 0 aliphatic rings. The summed E-state index contributed by atoms with van der Waals surface area (Å²) in [5.74, 6) is 2.81. The summed E-state index contributed by atoms with van der Waals surface area (Å²) in [5, 5.41) is 8.49. The number of ether oxygens (including phenoxy) is 2. The minimum Gasteiger partial charge on any atom is -0.497 e. The zero-order chi connectivity index (χ0) is 20.7. The molecule has 7 nitrogen and oxygen atoms in total. The zero-order valence-electron chi connectivity index (χ0n) is 17.4. The van der Waals surface area contributed by atoms with Crippen LogP contribution in [0.3, 0.4) is 0 Å². The molecule has 8 heteroatoms. The van der Waals surface area contributed by atoms with Crippen molar-refractivity contribution in [2.45, 2.75) is 32.9 Å². The van der Waals surface area contributed by atoms with Gasteiger partial charge >= 0.3 is 0 Å². The van der Waals surface area contributed by atoms with Crippen LogP contribution in [0.4, 0.5) is 0 Å². The van der Waals surface area contributed by atoms with Crippen LogP contribution in [0.5, 0.6) is 11.5 Å². The van der Waals surface area contributed by atoms with Crippen LogP contribution in [-0.2, 0) is 4.79 Å². The summed E-state index contributed by atoms with van der Waals surface area (Å²) in [7, 11) is 3.17. The number of benzene rings is 1. The molecule has 0 aliphatic carbocycles. The molecular weight excluding hydrogens is 378 g/mol. The lowest BCUT2D eigenvalue weighted by atomic mass is 10.1. The molecule has 0 bridgehead atoms. The highest BCUT2D eigenvalue weighted by molar-refractivity contribution is 7.99. The van der Waals surface area contributed by atoms with E-state index >= 15 is 0 Å². The van der Waals surface area contributed by atoms with Gasteiger partial charge in [-0.2, -0.15) is 0 Å². The van der Waals surface area contributed by atoms with Gasteiger partial charge in [0.1, 0.15) is 11.5 Å². The van der Waals surface area contributed by atoms with Gasteiger partial charge in [0.25, 0.3) is 5.22 Å². The average Bonchev–Trinajstić information content (AvgIpc) is 3.13. The standard InChI is InChI=1S/C20H29N3O4S/c1-13(2)10-23(11-14(3)4)18(24)12-28-20-22-21-19(27-20)15-7-16(25-5)9-17(8-15)26-6/h7-9,13-14H,10-12H2,1-6H3. The number of carbonyl (C=O) groups excluding carboxylic acids is 1. The van der Waals surface area contributed by atoms with Crippen LogP contribution >= 0.6 is 11.8 Å². The van der Waals surface area contributed by atoms with E-state index in [1.54, 1.807) is 32.4 Å². The minimum absolute atomic E-state index is 0.0789. The summed E-state index contributed by atoms with van der Waals surface area (Å²) in [5.41, 5.74) is 0.697. The second-order valence-electron chi connectivity index (χ2n) is 7.35. The monoisotopic (exact) mass is 407 g/mol. The Kier molecular flexibility index (Phi) is 8.17. The average molecular weight is 408 g/mol. The van der Waals surface area contributed by atoms with E-state index < -0.39 is 0 Å². The Balaban J connectivity index is 2.05. The number of hydrogen-bond donors (Lipinski definition) is 0. The van der Waals surface area contributed by atoms with Gasteiger partial charge in [0, 0.05) is 24.7 Å². The van der Waals surface area contributed by atoms with E-state index in [0.717, 1.165) is 13.1 Å². The fraction of sp³-hybridized carbons (Fsp3) is 0.550. The van der Waals surface area contributed by atoms with Crippen molar-refractivity contribution in [2.75, 3.05) is 33.1 Å². The smallest absolute Gasteiger partial charge is 0.277 e. The molecule has 0 unspecified atom stereocenters. The van der Waals surface area contributed by atoms with Crippen LogP contribution in [0.1, 0.15) is 27.7 Å². The molecule has 0 atom stereocenters. The third kappa shape index (κ3) is 6.44. The van der Waals surface area contributed by atoms with Crippen molar-refractivity contribution in [3.05, 3.63) is 18.2 Å². The van der Waals surface area contributed by atoms with Gasteiger partial charge in [-0.25, -0.2) is 0 Å². The fourth-order valence-electron chi connectivity index (χ4n) is 2.69. The Bertz CT molecular complexity index is 744. The number of amides is 1. The van der Waals surface area contributed by atoms with Crippen LogP contribution in [0.25, 0.3) is 11.5 Å². The zero-order valence-corrected chi connectivity index (χ0v) is 18.2. The van der Waals surface area contributed by atoms with Crippen LogP contribution < -0.4 is 9.47 Å². The number of methoxy groups -OCH3 is 2. The number of aromatic nitrogens is 2. The van der Waals surface area contributed by atoms with Gasteiger partial charge in [0.2, 0.25) is 11.8 Å². The Morgan fingerprint density at radius 1 is 1.04 bits per heavy atom. The van der Waals surface area contributed by atoms with E-state index in [1.165, 1.54) is 11.8 Å². The molecule has 0 radical (unpaired) electrons. The quantitative estimate of drug-likeness (QED) is 0.551. The van der Waals surface area contributed by atoms with Gasteiger partial charge in [-0.15, -0.1) is 10.2 Å². The van der Waals surface area contributed by atoms with Crippen LogP contribution in [0.2, 0.25) is 0 Å². The van der Waals surface area contributed by atoms with E-state index in [0.29, 0.717) is 40.0 Å². The summed E-state index contributed by atoms with van der Waals surface area (Å²) in [4.78, 5) is 14.5. The van der Waals surface area contributed by atoms with Gasteiger partial charge in [0.15, 0.2) is 0 Å². The Hall–Kier alpha value is -2.22. The highest BCUT2D eigenvalue weighted by Crippen LogP contribution is 2.30. The molecule has 2 aromatic rings. The predicted octanol–water partition coefficient (Wildman–Crippen LogP) is 3.99. The third-order valence-electron chi connectivity index (χ3n) is 3.85. The van der Waals surface area contributed by atoms with E-state index in [4.69, 9.17) is 13.9 Å². The van der Waals surface area contributed by atoms with Crippen molar-refractivity contribution in [1.82, 2.24) is 15.1 Å². The van der Waals surface area contributed by atoms with Crippen molar-refractivity contribution in [2.24, 2.45) is 11.8 Å². The van der Waals surface area contributed by atoms with E-state index in [-0.39, 0.29) is 11.7 Å². The molecule has 2 rings (SSSR count). The predicted molar refractivity (Wildman–Crippen MR) is 110 cm³/mol. The summed E-state index contributed by atoms with van der Waals surface area (Å²) >= 11 is 1.25. The maximum Gasteiger partial charge on any atom is 0.277 e. The van der Waals surface area contributed by atoms with Gasteiger partial charge in [-0.3, -0.25) is 4.79 Å². The first-order chi connectivity index (χ1) is 13.3. The second kappa shape index (κ2) is 10.4. The van der Waals surface area contributed by atoms with Gasteiger partial charge in [-0.1, -0.05) is 39.5 Å². The van der Waals surface area contributed by atoms with E-state index in [1.807, 2.05) is 4.90 Å². The first-order valence-electron chi connectivity index (χ1n) is 9.29. The topological polar surface area (TPSA) is 77.7 Å². The lowest BCUT2D eigenvalue weighted by Gasteiger charge is -2.26. The van der Waals surface area contributed by atoms with Crippen molar-refractivity contribution in [3.8, 4) is 23.0 Å². The summed E-state index contributed by atoms with van der Waals surface area (Å²) < 4.78 is 16.3. The highest BCUT2D eigenvalue weighted by Gasteiger charge is 2.18. The lowest BCUT2D eigenvalue weighted by Crippen LogP contribution is -2.38. The van der Waals surface area contributed by atoms with Gasteiger partial charge < -0.3 is 18.8 Å². The number of nitrogens with zero attached hydrogens (tertiary/aromatic N) is 3. The van der Waals surface area contributed by atoms with E-state index in [2.05, 4.69) is 37.9 Å². The van der Waals surface area contributed by atoms with Crippen molar-refractivity contribution >= 4 is 17.7 Å². The summed E-state index contributed by atoms with van der Waals surface area (Å²) in [6.45, 7) is 9.94. The maximum atomic E-state index is 12.6. The van der Waals surface area contributed by atoms with Crippen molar-refractivity contribution in [1.29, 1.82) is 0 Å². The van der Waals surface area contributed by atoms with Crippen molar-refractivity contribution in [3.63, 3.8) is 0 Å². The molecule has 0 fully saturated rings. The Morgan fingerprint density at radius 2 is 1.61 bits per heavy atom. The number of hydrogen-bond acceptors (Lipinski definition) is 7. The molecular formula is C20H29N3O4S. The molecule has 0 saturated heterocycles. The molecule has 0 saturated carbocycles. The minimum atomic E-state index is 0.0789. The van der Waals surface area contributed by atoms with Gasteiger partial charge in [-0.05, 0) is 24.0 Å². The number of rotatable bonds is 10. The normalized spacial score (nSPS) is 11.1. The van der Waals surface area contributed by atoms with Gasteiger partial charge in [0.05, 0.1) is 20.0 Å². The highest BCUT2D eigenvalue weighted by atomic mass is 32.2. The molecule has 28 heavy (non-hydrogen) atoms. The molecule has 154 valence electrons. The first-order valence-corrected chi connectivity index (χ1v) is 10.3. The van der Waals surface area contributed by atoms with Crippen LogP contribution in [-0.4, -0.2) is 54.1 Å². The third-order valence-corrected chi connectivity index (χ3v) is 4.65. The molecule has 0 aliphatic heterocycles. The SMILES string of the molecule is COc1cc(OC)cc(-c2nnc(SCC(=O)N(CC(C)C)CC(C)C)o2)c1. The molecule has 1 heterocycles. The van der Waals surface area contributed by atoms with Crippen LogP contribution in [0.15, 0.2) is 27.8 Å². The first kappa shape index (κ1) is 22.1. The summed E-state index contributed by atoms with van der Waals surface area (Å²) in [6.07, 6.45) is 0. The fourth-order valence-corrected chi connectivity index (χ4v) is 3.36. The Labute approximate surface area is 170 Å². The molecule has 0 N–H and O–H groups in total. The molecule has 1 amide bonds. The molecule has 0 spiro atoms. The summed E-state index contributed by atoms with van der Waals surface area (Å²) in [6, 6.07) is 5.36.